The summed E-state index contributed by atoms with van der Waals surface area (Å²) < 4.78 is 70.3. The van der Waals surface area contributed by atoms with Gasteiger partial charge in [-0.05, 0) is 27.2 Å². The first-order valence-electron chi connectivity index (χ1n) is 20.0. The molecule has 4 radical (unpaired) electrons. The fraction of sp³-hybridized carbons (Fsp3) is 0.921. The molecule has 3 N–H and O–H groups in total. The maximum absolute atomic E-state index is 10.9. The average Bonchev–Trinajstić information content (AvgIpc) is 3.22. The Hall–Kier alpha value is -0.449. The van der Waals surface area contributed by atoms with Gasteiger partial charge in [-0.3, -0.25) is 4.79 Å². The molecule has 0 unspecified atom stereocenters. The molecule has 0 heterocycles. The SMILES string of the molecule is CCCOCCOCCOCCOCC(=O)OCC.CCOC(=O)CC.CCOC(=O)COCCOCCOCCOCCO.OCCOCCOCCOCCO.[B-].[K+]. The molecule has 0 aromatic rings. The molecule has 0 amide bonds. The number of rotatable bonds is 40. The van der Waals surface area contributed by atoms with Gasteiger partial charge < -0.3 is 90.0 Å². The van der Waals surface area contributed by atoms with E-state index >= 15 is 0 Å². The molecule has 0 saturated heterocycles. The van der Waals surface area contributed by atoms with E-state index in [2.05, 4.69) is 16.4 Å². The van der Waals surface area contributed by atoms with Crippen molar-refractivity contribution in [2.24, 2.45) is 0 Å². The summed E-state index contributed by atoms with van der Waals surface area (Å²) in [5.74, 6) is -0.839. The van der Waals surface area contributed by atoms with Crippen LogP contribution in [0.4, 0.5) is 0 Å². The van der Waals surface area contributed by atoms with Crippen molar-refractivity contribution < 1.29 is 147 Å². The summed E-state index contributed by atoms with van der Waals surface area (Å²) in [6.45, 7) is 19.9. The minimum atomic E-state index is -0.367. The molecule has 0 bridgehead atoms. The van der Waals surface area contributed by atoms with Crippen molar-refractivity contribution >= 4 is 26.3 Å². The van der Waals surface area contributed by atoms with Crippen molar-refractivity contribution in [1.82, 2.24) is 0 Å². The van der Waals surface area contributed by atoms with E-state index in [0.29, 0.717) is 152 Å². The summed E-state index contributed by atoms with van der Waals surface area (Å²) in [6, 6.07) is 0. The molecule has 0 aromatic carbocycles. The van der Waals surface area contributed by atoms with Crippen molar-refractivity contribution in [3.63, 3.8) is 0 Å². The number of carbonyl (C=O) groups excluding carboxylic acids is 3. The summed E-state index contributed by atoms with van der Waals surface area (Å²) in [7, 11) is 0. The second kappa shape index (κ2) is 70.2. The van der Waals surface area contributed by atoms with Gasteiger partial charge in [-0.15, -0.1) is 0 Å². The van der Waals surface area contributed by atoms with Gasteiger partial charge in [0.2, 0.25) is 0 Å². The van der Waals surface area contributed by atoms with E-state index in [9.17, 15) is 14.4 Å². The first-order chi connectivity index (χ1) is 28.3. The molecule has 0 fully saturated rings. The maximum Gasteiger partial charge on any atom is 1.00 e. The topological polar surface area (TPSA) is 241 Å². The van der Waals surface area contributed by atoms with Crippen LogP contribution in [-0.2, 0) is 80.7 Å². The minimum absolute atomic E-state index is 0. The van der Waals surface area contributed by atoms with Gasteiger partial charge in [0.25, 0.3) is 0 Å². The minimum Gasteiger partial charge on any atom is -1.00 e. The monoisotopic (exact) mass is 904 g/mol. The Morgan fingerprint density at radius 3 is 0.750 bits per heavy atom. The van der Waals surface area contributed by atoms with Gasteiger partial charge in [-0.2, -0.15) is 0 Å². The molecule has 0 spiro atoms. The predicted octanol–water partition coefficient (Wildman–Crippen LogP) is -2.76. The molecule has 60 heavy (non-hydrogen) atoms. The van der Waals surface area contributed by atoms with Crippen molar-refractivity contribution in [2.45, 2.75) is 47.5 Å². The van der Waals surface area contributed by atoms with Gasteiger partial charge in [0.1, 0.15) is 13.2 Å². The maximum atomic E-state index is 10.9. The fourth-order valence-corrected chi connectivity index (χ4v) is 3.18. The van der Waals surface area contributed by atoms with E-state index in [1.807, 2.05) is 0 Å². The van der Waals surface area contributed by atoms with Crippen LogP contribution < -0.4 is 51.4 Å². The van der Waals surface area contributed by atoms with E-state index in [1.54, 1.807) is 27.7 Å². The van der Waals surface area contributed by atoms with E-state index < -0.39 is 0 Å². The summed E-state index contributed by atoms with van der Waals surface area (Å²) in [6.07, 6.45) is 1.50. The Morgan fingerprint density at radius 1 is 0.333 bits per heavy atom. The third kappa shape index (κ3) is 78.1. The summed E-state index contributed by atoms with van der Waals surface area (Å²) in [5.41, 5.74) is 0. The number of hydrogen-bond donors (Lipinski definition) is 3. The van der Waals surface area contributed by atoms with Gasteiger partial charge in [0, 0.05) is 13.0 Å². The summed E-state index contributed by atoms with van der Waals surface area (Å²) >= 11 is 0. The van der Waals surface area contributed by atoms with Crippen LogP contribution >= 0.6 is 0 Å². The van der Waals surface area contributed by atoms with Crippen LogP contribution in [0.5, 0.6) is 0 Å². The zero-order chi connectivity index (χ0) is 43.8. The van der Waals surface area contributed by atoms with Crippen molar-refractivity contribution in [2.75, 3.05) is 185 Å². The molecule has 0 aliphatic heterocycles. The smallest absolute Gasteiger partial charge is 1.00 e. The third-order valence-electron chi connectivity index (χ3n) is 5.68. The van der Waals surface area contributed by atoms with Crippen molar-refractivity contribution in [3.05, 3.63) is 0 Å². The first kappa shape index (κ1) is 71.2. The van der Waals surface area contributed by atoms with Crippen LogP contribution in [0.2, 0.25) is 0 Å². The molecule has 0 aliphatic rings. The quantitative estimate of drug-likeness (QED) is 0.0244. The number of ether oxygens (including phenoxy) is 14. The zero-order valence-electron chi connectivity index (χ0n) is 37.6. The first-order valence-corrected chi connectivity index (χ1v) is 20.0. The normalized spacial score (nSPS) is 10.0. The second-order valence-corrected chi connectivity index (χ2v) is 10.6. The van der Waals surface area contributed by atoms with Crippen molar-refractivity contribution in [1.29, 1.82) is 0 Å². The van der Waals surface area contributed by atoms with E-state index in [-0.39, 0.29) is 111 Å². The van der Waals surface area contributed by atoms with Crippen LogP contribution in [0, 0.1) is 0 Å². The Bertz CT molecular complexity index is 743. The number of hydrogen-bond acceptors (Lipinski definition) is 20. The largest absolute Gasteiger partial charge is 1.00 e. The van der Waals surface area contributed by atoms with Gasteiger partial charge in [-0.25, -0.2) is 9.59 Å². The van der Waals surface area contributed by atoms with Gasteiger partial charge in [-0.1, -0.05) is 13.8 Å². The molecule has 0 atom stereocenters. The van der Waals surface area contributed by atoms with Crippen LogP contribution in [0.15, 0.2) is 0 Å². The molecule has 0 aromatic heterocycles. The van der Waals surface area contributed by atoms with E-state index in [0.717, 1.165) is 13.0 Å². The number of aliphatic hydroxyl groups is 3. The Balaban J connectivity index is -0.000000168. The van der Waals surface area contributed by atoms with Crippen LogP contribution in [0.1, 0.15) is 47.5 Å². The van der Waals surface area contributed by atoms with Crippen LogP contribution in [0.3, 0.4) is 0 Å². The van der Waals surface area contributed by atoms with Gasteiger partial charge >= 0.3 is 69.3 Å². The van der Waals surface area contributed by atoms with Gasteiger partial charge in [0.15, 0.2) is 0 Å². The number of carbonyl (C=O) groups is 3. The van der Waals surface area contributed by atoms with Gasteiger partial charge in [0.05, 0.1) is 165 Å². The predicted molar refractivity (Wildman–Crippen MR) is 217 cm³/mol. The summed E-state index contributed by atoms with van der Waals surface area (Å²) in [5, 5.41) is 25.2. The molecule has 0 rings (SSSR count). The molecular weight excluding hydrogens is 826 g/mol. The van der Waals surface area contributed by atoms with Crippen LogP contribution in [0.25, 0.3) is 0 Å². The number of aliphatic hydroxyl groups excluding tert-OH is 3. The molecule has 0 saturated carbocycles. The average molecular weight is 905 g/mol. The molecular formula is C38H78BKO20. The zero-order valence-corrected chi connectivity index (χ0v) is 40.7. The van der Waals surface area contributed by atoms with E-state index in [4.69, 9.17) is 72.2 Å². The Kier molecular flexibility index (Phi) is 83.3. The standard InChI is InChI=1S/C13H26O6.C12H24O7.C8H18O5.C5H10O2.B.K/c1-3-5-15-6-7-16-8-9-17-10-11-18-12-13(14)19-4-2;1-2-19-12(14)11-18-10-9-17-8-7-16-6-5-15-4-3-13;9-1-3-11-5-7-13-8-6-12-4-2-10;1-3-5(6)7-4-2;;/h3-12H2,1-2H3;13H,2-11H2,1H3;9-10H,1-8H2;3-4H2,1-2H3;;/q;;;;-1;+1. The van der Waals surface area contributed by atoms with Crippen LogP contribution in [-0.4, -0.2) is 227 Å². The van der Waals surface area contributed by atoms with E-state index in [1.165, 1.54) is 0 Å². The number of esters is 3. The summed E-state index contributed by atoms with van der Waals surface area (Å²) in [4.78, 5) is 32.0. The second-order valence-electron chi connectivity index (χ2n) is 10.6. The Morgan fingerprint density at radius 2 is 0.550 bits per heavy atom. The molecule has 354 valence electrons. The molecule has 22 heteroatoms. The fourth-order valence-electron chi connectivity index (χ4n) is 3.18. The third-order valence-corrected chi connectivity index (χ3v) is 5.68. The molecule has 20 nitrogen and oxygen atoms in total. The van der Waals surface area contributed by atoms with Crippen molar-refractivity contribution in [3.8, 4) is 0 Å². The molecule has 0 aliphatic carbocycles. The Labute approximate surface area is 403 Å².